The monoisotopic (exact) mass is 272 g/mol. The average Bonchev–Trinajstić information content (AvgIpc) is 3.00. The van der Waals surface area contributed by atoms with Crippen LogP contribution >= 0.6 is 0 Å². The highest BCUT2D eigenvalue weighted by atomic mass is 16.3. The molecule has 2 rings (SSSR count). The molecule has 104 valence electrons. The Kier molecular flexibility index (Phi) is 4.55. The molecule has 0 fully saturated rings. The summed E-state index contributed by atoms with van der Waals surface area (Å²) in [4.78, 5) is 23.3. The highest BCUT2D eigenvalue weighted by Gasteiger charge is 2.08. The summed E-state index contributed by atoms with van der Waals surface area (Å²) in [6.45, 7) is 2.85. The fourth-order valence-corrected chi connectivity index (χ4v) is 1.71. The van der Waals surface area contributed by atoms with Crippen molar-refractivity contribution in [3.05, 3.63) is 59.5 Å². The second kappa shape index (κ2) is 6.56. The number of nitrogens with one attached hydrogen (secondary N) is 2. The third kappa shape index (κ3) is 3.47. The highest BCUT2D eigenvalue weighted by Crippen LogP contribution is 2.05. The van der Waals surface area contributed by atoms with Crippen LogP contribution in [0.4, 0.5) is 0 Å². The molecule has 0 saturated heterocycles. The van der Waals surface area contributed by atoms with Crippen molar-refractivity contribution in [2.45, 2.75) is 13.5 Å². The molecule has 0 radical (unpaired) electrons. The van der Waals surface area contributed by atoms with Crippen molar-refractivity contribution < 1.29 is 14.0 Å². The number of carbonyl (C=O) groups is 2. The Morgan fingerprint density at radius 1 is 1.05 bits per heavy atom. The van der Waals surface area contributed by atoms with Crippen LogP contribution in [0, 0.1) is 0 Å². The van der Waals surface area contributed by atoms with Gasteiger partial charge in [0.1, 0.15) is 0 Å². The molecule has 0 aliphatic heterocycles. The zero-order chi connectivity index (χ0) is 14.4. The molecule has 5 heteroatoms. The van der Waals surface area contributed by atoms with Gasteiger partial charge in [0.15, 0.2) is 5.76 Å². The first kappa shape index (κ1) is 13.9. The first-order valence-electron chi connectivity index (χ1n) is 6.39. The van der Waals surface area contributed by atoms with Gasteiger partial charge in [-0.15, -0.1) is 0 Å². The van der Waals surface area contributed by atoms with Gasteiger partial charge in [-0.2, -0.15) is 0 Å². The van der Waals surface area contributed by atoms with E-state index in [2.05, 4.69) is 10.6 Å². The lowest BCUT2D eigenvalue weighted by Gasteiger charge is -2.05. The summed E-state index contributed by atoms with van der Waals surface area (Å²) >= 11 is 0. The van der Waals surface area contributed by atoms with Crippen LogP contribution in [-0.4, -0.2) is 18.4 Å². The fraction of sp³-hybridized carbons (Fsp3) is 0.200. The van der Waals surface area contributed by atoms with Crippen molar-refractivity contribution >= 4 is 11.8 Å². The molecule has 0 unspecified atom stereocenters. The van der Waals surface area contributed by atoms with Crippen LogP contribution < -0.4 is 10.6 Å². The van der Waals surface area contributed by atoms with Crippen molar-refractivity contribution in [1.29, 1.82) is 0 Å². The lowest BCUT2D eigenvalue weighted by Crippen LogP contribution is -2.23. The van der Waals surface area contributed by atoms with Crippen molar-refractivity contribution in [2.24, 2.45) is 0 Å². The average molecular weight is 272 g/mol. The van der Waals surface area contributed by atoms with Gasteiger partial charge in [0.05, 0.1) is 6.26 Å². The molecular formula is C15H16N2O3. The molecule has 1 heterocycles. The van der Waals surface area contributed by atoms with Crippen LogP contribution in [0.5, 0.6) is 0 Å². The van der Waals surface area contributed by atoms with Crippen LogP contribution in [0.3, 0.4) is 0 Å². The minimum atomic E-state index is -0.261. The van der Waals surface area contributed by atoms with Gasteiger partial charge in [-0.1, -0.05) is 12.1 Å². The number of hydrogen-bond acceptors (Lipinski definition) is 3. The first-order chi connectivity index (χ1) is 9.70. The van der Waals surface area contributed by atoms with E-state index in [9.17, 15) is 9.59 Å². The minimum Gasteiger partial charge on any atom is -0.459 e. The summed E-state index contributed by atoms with van der Waals surface area (Å²) in [7, 11) is 0. The highest BCUT2D eigenvalue weighted by molar-refractivity contribution is 5.94. The molecule has 0 spiro atoms. The predicted octanol–water partition coefficient (Wildman–Crippen LogP) is 1.96. The Bertz CT molecular complexity index is 574. The number of rotatable bonds is 5. The van der Waals surface area contributed by atoms with Crippen LogP contribution in [0.25, 0.3) is 0 Å². The Morgan fingerprint density at radius 2 is 1.80 bits per heavy atom. The van der Waals surface area contributed by atoms with Gasteiger partial charge in [0.25, 0.3) is 11.8 Å². The Balaban J connectivity index is 1.91. The van der Waals surface area contributed by atoms with Crippen LogP contribution in [-0.2, 0) is 6.54 Å². The molecule has 2 aromatic rings. The number of hydrogen-bond donors (Lipinski definition) is 2. The normalized spacial score (nSPS) is 10.1. The summed E-state index contributed by atoms with van der Waals surface area (Å²) in [6, 6.07) is 10.4. The SMILES string of the molecule is CCNC(=O)c1ccc(CNC(=O)c2ccco2)cc1. The van der Waals surface area contributed by atoms with E-state index >= 15 is 0 Å². The maximum Gasteiger partial charge on any atom is 0.287 e. The molecule has 0 aliphatic rings. The Morgan fingerprint density at radius 3 is 2.40 bits per heavy atom. The predicted molar refractivity (Wildman–Crippen MR) is 74.3 cm³/mol. The standard InChI is InChI=1S/C15H16N2O3/c1-2-16-14(18)12-7-5-11(6-8-12)10-17-15(19)13-4-3-9-20-13/h3-9H,2,10H2,1H3,(H,16,18)(H,17,19). The number of amides is 2. The molecule has 2 amide bonds. The van der Waals surface area contributed by atoms with Crippen LogP contribution in [0.15, 0.2) is 47.1 Å². The van der Waals surface area contributed by atoms with Gasteiger partial charge in [-0.3, -0.25) is 9.59 Å². The van der Waals surface area contributed by atoms with E-state index in [-0.39, 0.29) is 17.6 Å². The number of furan rings is 1. The zero-order valence-corrected chi connectivity index (χ0v) is 11.2. The van der Waals surface area contributed by atoms with E-state index in [1.165, 1.54) is 6.26 Å². The Labute approximate surface area is 117 Å². The zero-order valence-electron chi connectivity index (χ0n) is 11.2. The molecule has 0 saturated carbocycles. The van der Waals surface area contributed by atoms with E-state index < -0.39 is 0 Å². The summed E-state index contributed by atoms with van der Waals surface area (Å²) in [6.07, 6.45) is 1.45. The third-order valence-corrected chi connectivity index (χ3v) is 2.75. The first-order valence-corrected chi connectivity index (χ1v) is 6.39. The van der Waals surface area contributed by atoms with E-state index in [0.717, 1.165) is 5.56 Å². The summed E-state index contributed by atoms with van der Waals surface area (Å²) in [5.74, 6) is -0.0783. The second-order valence-corrected chi connectivity index (χ2v) is 4.22. The quantitative estimate of drug-likeness (QED) is 0.874. The van der Waals surface area contributed by atoms with Gasteiger partial charge in [0, 0.05) is 18.7 Å². The molecule has 0 atom stereocenters. The van der Waals surface area contributed by atoms with Crippen molar-refractivity contribution in [3.63, 3.8) is 0 Å². The fourth-order valence-electron chi connectivity index (χ4n) is 1.71. The minimum absolute atomic E-state index is 0.0985. The van der Waals surface area contributed by atoms with Gasteiger partial charge in [-0.05, 0) is 36.8 Å². The van der Waals surface area contributed by atoms with Gasteiger partial charge in [-0.25, -0.2) is 0 Å². The summed E-state index contributed by atoms with van der Waals surface area (Å²) in [5, 5.41) is 5.47. The Hall–Kier alpha value is -2.56. The van der Waals surface area contributed by atoms with Crippen LogP contribution in [0.1, 0.15) is 33.4 Å². The number of benzene rings is 1. The van der Waals surface area contributed by atoms with Crippen LogP contribution in [0.2, 0.25) is 0 Å². The van der Waals surface area contributed by atoms with E-state index in [1.54, 1.807) is 24.3 Å². The molecule has 5 nitrogen and oxygen atoms in total. The van der Waals surface area contributed by atoms with Gasteiger partial charge < -0.3 is 15.1 Å². The van der Waals surface area contributed by atoms with Gasteiger partial charge in [0.2, 0.25) is 0 Å². The lowest BCUT2D eigenvalue weighted by atomic mass is 10.1. The maximum atomic E-state index is 11.7. The number of carbonyl (C=O) groups excluding carboxylic acids is 2. The molecule has 0 aliphatic carbocycles. The smallest absolute Gasteiger partial charge is 0.287 e. The molecule has 20 heavy (non-hydrogen) atoms. The molecule has 2 N–H and O–H groups in total. The van der Waals surface area contributed by atoms with Crippen molar-refractivity contribution in [1.82, 2.24) is 10.6 Å². The van der Waals surface area contributed by atoms with E-state index in [4.69, 9.17) is 4.42 Å². The van der Waals surface area contributed by atoms with E-state index in [1.807, 2.05) is 19.1 Å². The summed E-state index contributed by atoms with van der Waals surface area (Å²) in [5.41, 5.74) is 1.52. The largest absolute Gasteiger partial charge is 0.459 e. The molecular weight excluding hydrogens is 256 g/mol. The third-order valence-electron chi connectivity index (χ3n) is 2.75. The lowest BCUT2D eigenvalue weighted by molar-refractivity contribution is 0.0921. The topological polar surface area (TPSA) is 71.3 Å². The van der Waals surface area contributed by atoms with Crippen molar-refractivity contribution in [2.75, 3.05) is 6.54 Å². The van der Waals surface area contributed by atoms with Gasteiger partial charge >= 0.3 is 0 Å². The maximum absolute atomic E-state index is 11.7. The molecule has 1 aromatic carbocycles. The molecule has 0 bridgehead atoms. The molecule has 1 aromatic heterocycles. The van der Waals surface area contributed by atoms with Crippen molar-refractivity contribution in [3.8, 4) is 0 Å². The summed E-state index contributed by atoms with van der Waals surface area (Å²) < 4.78 is 5.00. The second-order valence-electron chi connectivity index (χ2n) is 4.22. The van der Waals surface area contributed by atoms with E-state index in [0.29, 0.717) is 18.7 Å².